The summed E-state index contributed by atoms with van der Waals surface area (Å²) in [5, 5.41) is 15.6. The van der Waals surface area contributed by atoms with Crippen molar-refractivity contribution in [2.24, 2.45) is 0 Å². The zero-order valence-electron chi connectivity index (χ0n) is 6.87. The van der Waals surface area contributed by atoms with Gasteiger partial charge in [0.25, 0.3) is 0 Å². The number of tetrazole rings is 1. The molecule has 6 nitrogen and oxygen atoms in total. The maximum atomic E-state index is 11.0. The Kier molecular flexibility index (Phi) is 3.18. The lowest BCUT2D eigenvalue weighted by Crippen LogP contribution is -2.26. The number of aromatic amines is 1. The van der Waals surface area contributed by atoms with Crippen LogP contribution in [0.15, 0.2) is 0 Å². The van der Waals surface area contributed by atoms with Crippen molar-refractivity contribution in [3.05, 3.63) is 5.82 Å². The van der Waals surface area contributed by atoms with Gasteiger partial charge < -0.3 is 5.32 Å². The van der Waals surface area contributed by atoms with Gasteiger partial charge in [-0.1, -0.05) is 12.1 Å². The van der Waals surface area contributed by atoms with Crippen molar-refractivity contribution >= 4 is 5.91 Å². The zero-order chi connectivity index (χ0) is 8.81. The lowest BCUT2D eigenvalue weighted by Gasteiger charge is -1.98. The highest BCUT2D eigenvalue weighted by atomic mass is 16.1. The van der Waals surface area contributed by atoms with Gasteiger partial charge in [-0.3, -0.25) is 4.79 Å². The van der Waals surface area contributed by atoms with Crippen LogP contribution >= 0.6 is 0 Å². The molecule has 0 bridgehead atoms. The topological polar surface area (TPSA) is 83.6 Å². The van der Waals surface area contributed by atoms with Crippen molar-refractivity contribution in [2.45, 2.75) is 19.8 Å². The number of carbonyl (C=O) groups is 1. The number of nitrogens with one attached hydrogen (secondary N) is 2. The molecule has 0 aliphatic heterocycles. The molecule has 1 aromatic heterocycles. The summed E-state index contributed by atoms with van der Waals surface area (Å²) < 4.78 is 0. The van der Waals surface area contributed by atoms with E-state index in [1.54, 1.807) is 0 Å². The standard InChI is InChI=1S/C6H11N5O/c1-2-3-7-6(12)4-5-8-10-11-9-5/h2-4H2,1H3,(H,7,12)(H,8,9,10,11). The molecule has 0 spiro atoms. The Balaban J connectivity index is 2.27. The first-order chi connectivity index (χ1) is 5.83. The molecule has 0 atom stereocenters. The number of hydrogen-bond acceptors (Lipinski definition) is 4. The summed E-state index contributed by atoms with van der Waals surface area (Å²) in [7, 11) is 0. The summed E-state index contributed by atoms with van der Waals surface area (Å²) in [4.78, 5) is 11.0. The molecule has 6 heteroatoms. The van der Waals surface area contributed by atoms with E-state index in [1.165, 1.54) is 0 Å². The number of rotatable bonds is 4. The zero-order valence-corrected chi connectivity index (χ0v) is 6.87. The van der Waals surface area contributed by atoms with E-state index in [0.717, 1.165) is 6.42 Å². The summed E-state index contributed by atoms with van der Waals surface area (Å²) in [6, 6.07) is 0. The van der Waals surface area contributed by atoms with Gasteiger partial charge in [0.1, 0.15) is 0 Å². The van der Waals surface area contributed by atoms with Crippen molar-refractivity contribution in [1.29, 1.82) is 0 Å². The van der Waals surface area contributed by atoms with Crippen LogP contribution in [0, 0.1) is 0 Å². The highest BCUT2D eigenvalue weighted by molar-refractivity contribution is 5.77. The first kappa shape index (κ1) is 8.63. The highest BCUT2D eigenvalue weighted by Gasteiger charge is 2.04. The van der Waals surface area contributed by atoms with Crippen LogP contribution in [0.4, 0.5) is 0 Å². The average Bonchev–Trinajstić information content (AvgIpc) is 2.53. The van der Waals surface area contributed by atoms with E-state index < -0.39 is 0 Å². The van der Waals surface area contributed by atoms with Crippen LogP contribution in [0.2, 0.25) is 0 Å². The maximum Gasteiger partial charge on any atom is 0.227 e. The second kappa shape index (κ2) is 4.42. The van der Waals surface area contributed by atoms with Gasteiger partial charge in [-0.25, -0.2) is 0 Å². The Morgan fingerprint density at radius 2 is 2.50 bits per heavy atom. The van der Waals surface area contributed by atoms with Crippen molar-refractivity contribution in [3.8, 4) is 0 Å². The molecule has 1 heterocycles. The van der Waals surface area contributed by atoms with E-state index in [0.29, 0.717) is 12.4 Å². The van der Waals surface area contributed by atoms with E-state index in [-0.39, 0.29) is 12.3 Å². The second-order valence-corrected chi connectivity index (χ2v) is 2.35. The van der Waals surface area contributed by atoms with Gasteiger partial charge in [0, 0.05) is 6.54 Å². The second-order valence-electron chi connectivity index (χ2n) is 2.35. The molecule has 0 aromatic carbocycles. The Morgan fingerprint density at radius 3 is 3.08 bits per heavy atom. The van der Waals surface area contributed by atoms with Crippen molar-refractivity contribution in [1.82, 2.24) is 25.9 Å². The van der Waals surface area contributed by atoms with Crippen molar-refractivity contribution in [2.75, 3.05) is 6.54 Å². The summed E-state index contributed by atoms with van der Waals surface area (Å²) >= 11 is 0. The minimum absolute atomic E-state index is 0.0711. The molecule has 0 saturated heterocycles. The van der Waals surface area contributed by atoms with Crippen LogP contribution in [0.1, 0.15) is 19.2 Å². The SMILES string of the molecule is CCCNC(=O)Cc1nn[nH]n1. The summed E-state index contributed by atoms with van der Waals surface area (Å²) in [5.41, 5.74) is 0. The molecular weight excluding hydrogens is 158 g/mol. The third kappa shape index (κ3) is 2.65. The maximum absolute atomic E-state index is 11.0. The van der Waals surface area contributed by atoms with Gasteiger partial charge in [0.05, 0.1) is 6.42 Å². The number of H-pyrrole nitrogens is 1. The third-order valence-electron chi connectivity index (χ3n) is 1.28. The molecule has 1 amide bonds. The quantitative estimate of drug-likeness (QED) is 0.622. The number of amides is 1. The van der Waals surface area contributed by atoms with Gasteiger partial charge in [0.15, 0.2) is 5.82 Å². The fourth-order valence-electron chi connectivity index (χ4n) is 0.728. The largest absolute Gasteiger partial charge is 0.356 e. The molecule has 2 N–H and O–H groups in total. The molecule has 0 fully saturated rings. The van der Waals surface area contributed by atoms with E-state index in [1.807, 2.05) is 6.92 Å². The molecule has 1 rings (SSSR count). The molecule has 0 saturated carbocycles. The molecule has 1 aromatic rings. The average molecular weight is 169 g/mol. The predicted molar refractivity (Wildman–Crippen MR) is 41.2 cm³/mol. The summed E-state index contributed by atoms with van der Waals surface area (Å²) in [6.45, 7) is 2.69. The normalized spacial score (nSPS) is 9.75. The number of hydrogen-bond donors (Lipinski definition) is 2. The van der Waals surface area contributed by atoms with Crippen LogP contribution in [-0.2, 0) is 11.2 Å². The van der Waals surface area contributed by atoms with E-state index >= 15 is 0 Å². The minimum Gasteiger partial charge on any atom is -0.356 e. The molecule has 0 aliphatic rings. The van der Waals surface area contributed by atoms with E-state index in [9.17, 15) is 4.79 Å². The fraction of sp³-hybridized carbons (Fsp3) is 0.667. The number of aromatic nitrogens is 4. The van der Waals surface area contributed by atoms with Crippen LogP contribution in [0.25, 0.3) is 0 Å². The van der Waals surface area contributed by atoms with Crippen LogP contribution in [0.5, 0.6) is 0 Å². The molecule has 0 radical (unpaired) electrons. The number of carbonyl (C=O) groups excluding carboxylic acids is 1. The predicted octanol–water partition coefficient (Wildman–Crippen LogP) is -0.732. The first-order valence-corrected chi connectivity index (χ1v) is 3.82. The van der Waals surface area contributed by atoms with Crippen LogP contribution in [0.3, 0.4) is 0 Å². The molecule has 0 aliphatic carbocycles. The molecule has 12 heavy (non-hydrogen) atoms. The van der Waals surface area contributed by atoms with Gasteiger partial charge >= 0.3 is 0 Å². The Morgan fingerprint density at radius 1 is 1.67 bits per heavy atom. The lowest BCUT2D eigenvalue weighted by atomic mass is 10.3. The van der Waals surface area contributed by atoms with E-state index in [4.69, 9.17) is 0 Å². The van der Waals surface area contributed by atoms with Crippen LogP contribution < -0.4 is 5.32 Å². The Labute approximate surface area is 69.7 Å². The first-order valence-electron chi connectivity index (χ1n) is 3.82. The van der Waals surface area contributed by atoms with Crippen molar-refractivity contribution in [3.63, 3.8) is 0 Å². The fourth-order valence-corrected chi connectivity index (χ4v) is 0.728. The smallest absolute Gasteiger partial charge is 0.227 e. The van der Waals surface area contributed by atoms with Crippen molar-refractivity contribution < 1.29 is 4.79 Å². The Bertz CT molecular complexity index is 232. The Hall–Kier alpha value is -1.46. The molecular formula is C6H11N5O. The van der Waals surface area contributed by atoms with Crippen LogP contribution in [-0.4, -0.2) is 33.1 Å². The van der Waals surface area contributed by atoms with Gasteiger partial charge in [-0.2, -0.15) is 5.21 Å². The lowest BCUT2D eigenvalue weighted by molar-refractivity contribution is -0.120. The van der Waals surface area contributed by atoms with E-state index in [2.05, 4.69) is 25.9 Å². The summed E-state index contributed by atoms with van der Waals surface area (Å²) in [5.74, 6) is 0.349. The van der Waals surface area contributed by atoms with Gasteiger partial charge in [-0.15, -0.1) is 10.2 Å². The van der Waals surface area contributed by atoms with Gasteiger partial charge in [-0.05, 0) is 6.42 Å². The highest BCUT2D eigenvalue weighted by Crippen LogP contribution is 1.85. The monoisotopic (exact) mass is 169 g/mol. The van der Waals surface area contributed by atoms with Gasteiger partial charge in [0.2, 0.25) is 5.91 Å². The minimum atomic E-state index is -0.0711. The number of nitrogens with zero attached hydrogens (tertiary/aromatic N) is 3. The summed E-state index contributed by atoms with van der Waals surface area (Å²) in [6.07, 6.45) is 1.12. The third-order valence-corrected chi connectivity index (χ3v) is 1.28. The molecule has 66 valence electrons. The molecule has 0 unspecified atom stereocenters.